The third-order valence-corrected chi connectivity index (χ3v) is 6.05. The van der Waals surface area contributed by atoms with Crippen molar-refractivity contribution in [3.05, 3.63) is 42.9 Å². The molecule has 5 rings (SSSR count). The molecule has 2 N–H and O–H groups in total. The first-order valence-corrected chi connectivity index (χ1v) is 10.7. The molecule has 4 aromatic rings. The van der Waals surface area contributed by atoms with Gasteiger partial charge in [-0.25, -0.2) is 4.68 Å². The Morgan fingerprint density at radius 3 is 2.38 bits per heavy atom. The van der Waals surface area contributed by atoms with Crippen LogP contribution in [0, 0.1) is 0 Å². The predicted molar refractivity (Wildman–Crippen MR) is 139 cm³/mol. The van der Waals surface area contributed by atoms with E-state index in [1.807, 2.05) is 10.7 Å². The number of halogens is 2. The summed E-state index contributed by atoms with van der Waals surface area (Å²) < 4.78 is 25.3. The molecule has 0 radical (unpaired) electrons. The van der Waals surface area contributed by atoms with Crippen molar-refractivity contribution in [1.82, 2.24) is 35.1 Å². The lowest BCUT2D eigenvalue weighted by Crippen LogP contribution is -2.58. The zero-order chi connectivity index (χ0) is 25.2. The highest BCUT2D eigenvalue weighted by Gasteiger charge is 2.39. The average molecular weight is 507 g/mol. The predicted octanol–water partition coefficient (Wildman–Crippen LogP) is 4.92. The van der Waals surface area contributed by atoms with Gasteiger partial charge in [0, 0.05) is 44.9 Å². The van der Waals surface area contributed by atoms with Gasteiger partial charge in [-0.3, -0.25) is 4.68 Å². The SMILES string of the molecule is Cl.Cl.[2H]C([2H])([2H])n1cc(-c2ccc(-c3cc4cnn(C5CC(C)(C)NC(C)(C)C5)c4nn3)c(O)c2)cn1. The van der Waals surface area contributed by atoms with E-state index in [1.165, 1.54) is 12.4 Å². The van der Waals surface area contributed by atoms with Crippen molar-refractivity contribution in [3.63, 3.8) is 0 Å². The van der Waals surface area contributed by atoms with Crippen molar-refractivity contribution in [2.75, 3.05) is 0 Å². The van der Waals surface area contributed by atoms with E-state index in [0.717, 1.165) is 28.6 Å². The van der Waals surface area contributed by atoms with Crippen molar-refractivity contribution in [2.45, 2.75) is 57.7 Å². The molecular formula is C24H31Cl2N7O. The Morgan fingerprint density at radius 2 is 1.74 bits per heavy atom. The Labute approximate surface area is 215 Å². The van der Waals surface area contributed by atoms with Gasteiger partial charge >= 0.3 is 0 Å². The van der Waals surface area contributed by atoms with Gasteiger partial charge < -0.3 is 10.4 Å². The molecule has 0 aliphatic carbocycles. The molecule has 3 aromatic heterocycles. The molecule has 1 aliphatic heterocycles. The van der Waals surface area contributed by atoms with E-state index in [9.17, 15) is 5.11 Å². The second-order valence-corrected chi connectivity index (χ2v) is 9.96. The first kappa shape index (κ1) is 21.8. The maximum Gasteiger partial charge on any atom is 0.180 e. The highest BCUT2D eigenvalue weighted by molar-refractivity contribution is 5.85. The van der Waals surface area contributed by atoms with Gasteiger partial charge in [-0.15, -0.1) is 35.0 Å². The van der Waals surface area contributed by atoms with Crippen molar-refractivity contribution < 1.29 is 9.22 Å². The van der Waals surface area contributed by atoms with Crippen LogP contribution in [-0.4, -0.2) is 45.9 Å². The van der Waals surface area contributed by atoms with Crippen LogP contribution in [0.15, 0.2) is 42.9 Å². The van der Waals surface area contributed by atoms with Crippen molar-refractivity contribution in [1.29, 1.82) is 0 Å². The monoisotopic (exact) mass is 506 g/mol. The molecule has 1 fully saturated rings. The molecule has 0 amide bonds. The van der Waals surface area contributed by atoms with E-state index in [0.29, 0.717) is 22.4 Å². The van der Waals surface area contributed by atoms with Gasteiger partial charge in [0.25, 0.3) is 0 Å². The van der Waals surface area contributed by atoms with Gasteiger partial charge in [0.05, 0.1) is 24.1 Å². The van der Waals surface area contributed by atoms with E-state index >= 15 is 0 Å². The zero-order valence-electron chi connectivity index (χ0n) is 22.5. The molecule has 0 bridgehead atoms. The number of aryl methyl sites for hydroxylation is 1. The number of phenolic OH excluding ortho intramolecular Hbond substituents is 1. The number of hydrogen-bond acceptors (Lipinski definition) is 6. The number of benzene rings is 1. The standard InChI is InChI=1S/C24H29N7O.2ClH/c1-23(2)10-18(11-24(3,4)29-23)31-22-16(12-26-31)8-20(27-28-22)19-7-6-15(9-21(19)32)17-13-25-30(5)14-17;;/h6-9,12-14,18,29,32H,10-11H2,1-5H3;2*1H/i5D3;;. The maximum absolute atomic E-state index is 10.7. The summed E-state index contributed by atoms with van der Waals surface area (Å²) in [5.41, 5.74) is 2.99. The highest BCUT2D eigenvalue weighted by Crippen LogP contribution is 2.37. The number of nitrogens with one attached hydrogen (secondary N) is 1. The maximum atomic E-state index is 10.7. The van der Waals surface area contributed by atoms with E-state index in [1.54, 1.807) is 24.4 Å². The molecule has 34 heavy (non-hydrogen) atoms. The molecule has 0 atom stereocenters. The number of rotatable bonds is 3. The van der Waals surface area contributed by atoms with E-state index in [-0.39, 0.29) is 47.7 Å². The Balaban J connectivity index is 0.00000190. The number of piperidine rings is 1. The normalized spacial score (nSPS) is 18.9. The summed E-state index contributed by atoms with van der Waals surface area (Å²) in [6.07, 6.45) is 6.55. The molecule has 182 valence electrons. The molecule has 4 heterocycles. The van der Waals surface area contributed by atoms with Gasteiger partial charge in [0.1, 0.15) is 5.75 Å². The molecule has 0 saturated carbocycles. The van der Waals surface area contributed by atoms with Crippen LogP contribution in [0.5, 0.6) is 5.75 Å². The Bertz CT molecular complexity index is 1400. The lowest BCUT2D eigenvalue weighted by Gasteiger charge is -2.46. The molecule has 10 heteroatoms. The molecule has 0 spiro atoms. The number of hydrogen-bond donors (Lipinski definition) is 2. The summed E-state index contributed by atoms with van der Waals surface area (Å²) in [6.45, 7) is 6.47. The molecular weight excluding hydrogens is 473 g/mol. The summed E-state index contributed by atoms with van der Waals surface area (Å²) in [6, 6.07) is 7.19. The summed E-state index contributed by atoms with van der Waals surface area (Å²) in [5.74, 6) is 0.0204. The lowest BCUT2D eigenvalue weighted by atomic mass is 9.79. The van der Waals surface area contributed by atoms with Crippen LogP contribution in [0.4, 0.5) is 0 Å². The molecule has 1 aliphatic rings. The fourth-order valence-corrected chi connectivity index (χ4v) is 5.09. The lowest BCUT2D eigenvalue weighted by molar-refractivity contribution is 0.128. The van der Waals surface area contributed by atoms with Crippen LogP contribution in [-0.2, 0) is 6.98 Å². The molecule has 8 nitrogen and oxygen atoms in total. The quantitative estimate of drug-likeness (QED) is 0.409. The molecule has 0 unspecified atom stereocenters. The Hall–Kier alpha value is -2.68. The minimum absolute atomic E-state index is 0. The number of aromatic nitrogens is 6. The fraction of sp³-hybridized carbons (Fsp3) is 0.417. The van der Waals surface area contributed by atoms with Gasteiger partial charge in [-0.1, -0.05) is 6.07 Å². The van der Waals surface area contributed by atoms with Crippen molar-refractivity contribution in [3.8, 4) is 28.1 Å². The number of aromatic hydroxyl groups is 1. The fourth-order valence-electron chi connectivity index (χ4n) is 5.09. The van der Waals surface area contributed by atoms with Gasteiger partial charge in [-0.05, 0) is 64.3 Å². The van der Waals surface area contributed by atoms with Crippen LogP contribution < -0.4 is 5.32 Å². The van der Waals surface area contributed by atoms with E-state index in [4.69, 9.17) is 4.11 Å². The minimum Gasteiger partial charge on any atom is -0.507 e. The zero-order valence-corrected chi connectivity index (χ0v) is 21.1. The van der Waals surface area contributed by atoms with Crippen molar-refractivity contribution >= 4 is 35.8 Å². The first-order valence-electron chi connectivity index (χ1n) is 12.2. The number of fused-ring (bicyclic) bond motifs is 1. The Morgan fingerprint density at radius 1 is 1.00 bits per heavy atom. The Kier molecular flexibility index (Phi) is 5.89. The minimum atomic E-state index is -2.35. The second kappa shape index (κ2) is 9.17. The van der Waals surface area contributed by atoms with E-state index < -0.39 is 6.98 Å². The molecule has 1 saturated heterocycles. The number of phenols is 1. The molecule has 1 aromatic carbocycles. The number of nitrogens with zero attached hydrogens (tertiary/aromatic N) is 6. The highest BCUT2D eigenvalue weighted by atomic mass is 35.5. The third kappa shape index (κ3) is 4.89. The first-order chi connectivity index (χ1) is 16.3. The summed E-state index contributed by atoms with van der Waals surface area (Å²) in [4.78, 5) is 0. The van der Waals surface area contributed by atoms with Gasteiger partial charge in [-0.2, -0.15) is 10.2 Å². The van der Waals surface area contributed by atoms with Crippen LogP contribution in [0.2, 0.25) is 0 Å². The average Bonchev–Trinajstić information content (AvgIpc) is 3.38. The van der Waals surface area contributed by atoms with Crippen LogP contribution in [0.25, 0.3) is 33.4 Å². The topological polar surface area (TPSA) is 93.7 Å². The van der Waals surface area contributed by atoms with Crippen molar-refractivity contribution in [2.24, 2.45) is 6.98 Å². The van der Waals surface area contributed by atoms with Gasteiger partial charge in [0.15, 0.2) is 5.65 Å². The van der Waals surface area contributed by atoms with E-state index in [2.05, 4.69) is 53.4 Å². The largest absolute Gasteiger partial charge is 0.507 e. The third-order valence-electron chi connectivity index (χ3n) is 6.05. The van der Waals surface area contributed by atoms with Crippen LogP contribution in [0.3, 0.4) is 0 Å². The summed E-state index contributed by atoms with van der Waals surface area (Å²) in [7, 11) is 0. The van der Waals surface area contributed by atoms with Crippen LogP contribution >= 0.6 is 24.8 Å². The van der Waals surface area contributed by atoms with Gasteiger partial charge in [0.2, 0.25) is 0 Å². The summed E-state index contributed by atoms with van der Waals surface area (Å²) in [5, 5.41) is 32.7. The summed E-state index contributed by atoms with van der Waals surface area (Å²) >= 11 is 0. The van der Waals surface area contributed by atoms with Crippen LogP contribution in [0.1, 0.15) is 50.7 Å². The second-order valence-electron chi connectivity index (χ2n) is 9.96. The smallest absolute Gasteiger partial charge is 0.180 e.